The monoisotopic (exact) mass is 179 g/mol. The average Bonchev–Trinajstić information content (AvgIpc) is 2.36. The molecule has 1 N–H and O–H groups in total. The van der Waals surface area contributed by atoms with Gasteiger partial charge in [-0.3, -0.25) is 0 Å². The van der Waals surface area contributed by atoms with Crippen molar-refractivity contribution in [1.29, 1.82) is 5.26 Å². The van der Waals surface area contributed by atoms with Gasteiger partial charge in [-0.05, 0) is 24.1 Å². The van der Waals surface area contributed by atoms with E-state index in [9.17, 15) is 0 Å². The molecule has 2 nitrogen and oxygen atoms in total. The van der Waals surface area contributed by atoms with Crippen molar-refractivity contribution in [3.63, 3.8) is 0 Å². The lowest BCUT2D eigenvalue weighted by molar-refractivity contribution is 0.271. The van der Waals surface area contributed by atoms with E-state index in [4.69, 9.17) is 10.4 Å². The summed E-state index contributed by atoms with van der Waals surface area (Å²) in [4.78, 5) is 0. The van der Waals surface area contributed by atoms with Gasteiger partial charge >= 0.3 is 0 Å². The molecule has 0 saturated carbocycles. The largest absolute Gasteiger partial charge is 0.396 e. The molecule has 72 valence electrons. The number of rotatable bonds is 3. The molecular formula is C10H18BNO. The Bertz CT molecular complexity index is 209. The van der Waals surface area contributed by atoms with Gasteiger partial charge in [-0.15, -0.1) is 0 Å². The Morgan fingerprint density at radius 2 is 2.31 bits per heavy atom. The first kappa shape index (κ1) is 10.6. The van der Waals surface area contributed by atoms with Crippen molar-refractivity contribution in [3.05, 3.63) is 0 Å². The molecule has 0 aromatic heterocycles. The summed E-state index contributed by atoms with van der Waals surface area (Å²) < 4.78 is 0. The van der Waals surface area contributed by atoms with Crippen LogP contribution in [0.15, 0.2) is 0 Å². The predicted molar refractivity (Wildman–Crippen MR) is 54.6 cm³/mol. The van der Waals surface area contributed by atoms with E-state index in [1.807, 2.05) is 0 Å². The third-order valence-electron chi connectivity index (χ3n) is 3.25. The van der Waals surface area contributed by atoms with Crippen LogP contribution in [0.1, 0.15) is 33.1 Å². The van der Waals surface area contributed by atoms with Crippen LogP contribution in [-0.4, -0.2) is 18.4 Å². The highest BCUT2D eigenvalue weighted by molar-refractivity contribution is 6.70. The third-order valence-corrected chi connectivity index (χ3v) is 3.25. The molecule has 0 aromatic carbocycles. The summed E-state index contributed by atoms with van der Waals surface area (Å²) in [5, 5.41) is 17.8. The van der Waals surface area contributed by atoms with Crippen molar-refractivity contribution in [2.24, 2.45) is 5.92 Å². The lowest BCUT2D eigenvalue weighted by atomic mass is 9.37. The van der Waals surface area contributed by atoms with Gasteiger partial charge in [0.2, 0.25) is 0 Å². The molecule has 1 rings (SSSR count). The summed E-state index contributed by atoms with van der Waals surface area (Å²) in [5.41, 5.74) is 0. The Hall–Kier alpha value is -0.485. The Morgan fingerprint density at radius 1 is 1.62 bits per heavy atom. The second kappa shape index (κ2) is 4.15. The van der Waals surface area contributed by atoms with Gasteiger partial charge in [0.05, 0.1) is 0 Å². The zero-order valence-electron chi connectivity index (χ0n) is 8.58. The Kier molecular flexibility index (Phi) is 3.38. The predicted octanol–water partition coefficient (Wildman–Crippen LogP) is 2.12. The first-order valence-corrected chi connectivity index (χ1v) is 5.10. The Morgan fingerprint density at radius 3 is 2.77 bits per heavy atom. The van der Waals surface area contributed by atoms with Gasteiger partial charge in [0.15, 0.2) is 0 Å². The van der Waals surface area contributed by atoms with Crippen LogP contribution >= 0.6 is 0 Å². The molecule has 0 aliphatic carbocycles. The van der Waals surface area contributed by atoms with Gasteiger partial charge in [0, 0.05) is 12.6 Å². The molecule has 0 spiro atoms. The fourth-order valence-corrected chi connectivity index (χ4v) is 2.45. The van der Waals surface area contributed by atoms with E-state index in [-0.39, 0.29) is 18.6 Å². The van der Waals surface area contributed by atoms with E-state index in [2.05, 4.69) is 19.8 Å². The molecule has 13 heavy (non-hydrogen) atoms. The van der Waals surface area contributed by atoms with Gasteiger partial charge in [0.25, 0.3) is 6.71 Å². The molecule has 1 heterocycles. The van der Waals surface area contributed by atoms with Crippen LogP contribution in [0.5, 0.6) is 0 Å². The quantitative estimate of drug-likeness (QED) is 0.674. The maximum atomic E-state index is 8.95. The first-order chi connectivity index (χ1) is 6.10. The van der Waals surface area contributed by atoms with Crippen molar-refractivity contribution < 1.29 is 5.11 Å². The van der Waals surface area contributed by atoms with Gasteiger partial charge < -0.3 is 5.11 Å². The average molecular weight is 179 g/mol. The summed E-state index contributed by atoms with van der Waals surface area (Å²) in [6, 6.07) is 0. The summed E-state index contributed by atoms with van der Waals surface area (Å²) in [6.45, 7) is 4.87. The SMILES string of the molecule is CC1(C)CC(CCCO)CB1C#N. The number of aliphatic hydroxyl groups excluding tert-OH is 1. The van der Waals surface area contributed by atoms with Gasteiger partial charge in [-0.1, -0.05) is 26.6 Å². The number of hydrogen-bond donors (Lipinski definition) is 1. The summed E-state index contributed by atoms with van der Waals surface area (Å²) in [5.74, 6) is 3.06. The highest BCUT2D eigenvalue weighted by atomic mass is 16.2. The molecule has 0 aromatic rings. The van der Waals surface area contributed by atoms with Crippen molar-refractivity contribution >= 4 is 6.71 Å². The fourth-order valence-electron chi connectivity index (χ4n) is 2.45. The van der Waals surface area contributed by atoms with Gasteiger partial charge in [0.1, 0.15) is 0 Å². The molecule has 1 atom stereocenters. The number of nitriles is 1. The minimum Gasteiger partial charge on any atom is -0.396 e. The maximum absolute atomic E-state index is 8.95. The maximum Gasteiger partial charge on any atom is 0.273 e. The zero-order chi connectivity index (χ0) is 9.90. The molecule has 1 fully saturated rings. The zero-order valence-corrected chi connectivity index (χ0v) is 8.58. The smallest absolute Gasteiger partial charge is 0.273 e. The van der Waals surface area contributed by atoms with E-state index >= 15 is 0 Å². The van der Waals surface area contributed by atoms with Gasteiger partial charge in [-0.2, -0.15) is 0 Å². The Balaban J connectivity index is 2.45. The third kappa shape index (κ3) is 2.48. The second-order valence-electron chi connectivity index (χ2n) is 4.84. The first-order valence-electron chi connectivity index (χ1n) is 5.10. The lowest BCUT2D eigenvalue weighted by Gasteiger charge is -2.18. The minimum absolute atomic E-state index is 0.189. The van der Waals surface area contributed by atoms with Crippen LogP contribution in [-0.2, 0) is 0 Å². The second-order valence-corrected chi connectivity index (χ2v) is 4.84. The molecule has 0 bridgehead atoms. The van der Waals surface area contributed by atoms with Crippen molar-refractivity contribution in [3.8, 4) is 5.97 Å². The molecule has 0 radical (unpaired) electrons. The van der Waals surface area contributed by atoms with E-state index in [0.29, 0.717) is 5.92 Å². The molecule has 1 aliphatic rings. The standard InChI is InChI=1S/C10H18BNO/c1-10(2)6-9(4-3-5-13)7-11(10)8-12/h9,13H,3-7H2,1-2H3. The molecule has 1 unspecified atom stereocenters. The van der Waals surface area contributed by atoms with Crippen LogP contribution in [0.25, 0.3) is 0 Å². The molecule has 1 aliphatic heterocycles. The normalized spacial score (nSPS) is 26.0. The molecule has 0 amide bonds. The van der Waals surface area contributed by atoms with E-state index in [1.54, 1.807) is 0 Å². The van der Waals surface area contributed by atoms with Crippen LogP contribution in [0, 0.1) is 17.1 Å². The molecule has 3 heteroatoms. The minimum atomic E-state index is 0.189. The number of nitrogens with zero attached hydrogens (tertiary/aromatic N) is 1. The topological polar surface area (TPSA) is 44.0 Å². The van der Waals surface area contributed by atoms with Crippen LogP contribution in [0.4, 0.5) is 0 Å². The van der Waals surface area contributed by atoms with Crippen LogP contribution in [0.2, 0.25) is 11.6 Å². The van der Waals surface area contributed by atoms with Crippen LogP contribution in [0.3, 0.4) is 0 Å². The highest BCUT2D eigenvalue weighted by Gasteiger charge is 2.43. The fraction of sp³-hybridized carbons (Fsp3) is 0.900. The molecular weight excluding hydrogens is 161 g/mol. The molecule has 1 saturated heterocycles. The van der Waals surface area contributed by atoms with Crippen molar-refractivity contribution in [2.75, 3.05) is 6.61 Å². The Labute approximate surface area is 81.0 Å². The summed E-state index contributed by atoms with van der Waals surface area (Å²) in [7, 11) is 0. The van der Waals surface area contributed by atoms with Crippen LogP contribution < -0.4 is 0 Å². The van der Waals surface area contributed by atoms with E-state index < -0.39 is 0 Å². The highest BCUT2D eigenvalue weighted by Crippen LogP contribution is 2.47. The van der Waals surface area contributed by atoms with Gasteiger partial charge in [-0.25, -0.2) is 5.26 Å². The summed E-state index contributed by atoms with van der Waals surface area (Å²) >= 11 is 0. The summed E-state index contributed by atoms with van der Waals surface area (Å²) in [6.07, 6.45) is 4.14. The number of aliphatic hydroxyl groups is 1. The van der Waals surface area contributed by atoms with E-state index in [1.165, 1.54) is 0 Å². The lowest BCUT2D eigenvalue weighted by Crippen LogP contribution is -2.19. The number of hydrogen-bond acceptors (Lipinski definition) is 2. The van der Waals surface area contributed by atoms with Crippen molar-refractivity contribution in [1.82, 2.24) is 0 Å². The van der Waals surface area contributed by atoms with Crippen molar-refractivity contribution in [2.45, 2.75) is 44.7 Å². The van der Waals surface area contributed by atoms with E-state index in [0.717, 1.165) is 25.6 Å².